The Morgan fingerprint density at radius 3 is 2.42 bits per heavy atom. The molecule has 0 aliphatic rings. The number of primary amides is 1. The number of hydrogen-bond donors (Lipinski definition) is 3. The molecular formula is C18H30IN5O2. The second-order valence-electron chi connectivity index (χ2n) is 5.50. The van der Waals surface area contributed by atoms with E-state index in [2.05, 4.69) is 15.6 Å². The Balaban J connectivity index is 0.00000625. The lowest BCUT2D eigenvalue weighted by molar-refractivity contribution is -0.130. The van der Waals surface area contributed by atoms with Crippen LogP contribution in [0.25, 0.3) is 0 Å². The fourth-order valence-corrected chi connectivity index (χ4v) is 2.36. The van der Waals surface area contributed by atoms with Gasteiger partial charge in [-0.1, -0.05) is 12.1 Å². The number of nitrogens with one attached hydrogen (secondary N) is 2. The SMILES string of the molecule is CCNC(=NCc1cccc(C(N)=O)c1)NCCC(=O)N(CC)CC.I. The molecule has 1 rings (SSSR count). The van der Waals surface area contributed by atoms with E-state index in [1.807, 2.05) is 26.8 Å². The molecule has 0 bridgehead atoms. The third kappa shape index (κ3) is 8.50. The second kappa shape index (κ2) is 13.4. The second-order valence-corrected chi connectivity index (χ2v) is 5.50. The number of guanidine groups is 1. The molecule has 8 heteroatoms. The summed E-state index contributed by atoms with van der Waals surface area (Å²) in [6.07, 6.45) is 0.420. The molecule has 0 saturated heterocycles. The van der Waals surface area contributed by atoms with Gasteiger partial charge in [-0.3, -0.25) is 9.59 Å². The van der Waals surface area contributed by atoms with Crippen LogP contribution < -0.4 is 16.4 Å². The van der Waals surface area contributed by atoms with Gasteiger partial charge in [-0.25, -0.2) is 4.99 Å². The van der Waals surface area contributed by atoms with Crippen LogP contribution in [0.2, 0.25) is 0 Å². The maximum absolute atomic E-state index is 12.0. The molecule has 0 saturated carbocycles. The van der Waals surface area contributed by atoms with Crippen molar-refractivity contribution in [3.8, 4) is 0 Å². The van der Waals surface area contributed by atoms with Crippen LogP contribution in [0, 0.1) is 0 Å². The molecule has 2 amide bonds. The van der Waals surface area contributed by atoms with Gasteiger partial charge in [-0.05, 0) is 38.5 Å². The Morgan fingerprint density at radius 2 is 1.85 bits per heavy atom. The van der Waals surface area contributed by atoms with E-state index in [1.165, 1.54) is 0 Å². The normalized spacial score (nSPS) is 10.7. The predicted molar refractivity (Wildman–Crippen MR) is 116 cm³/mol. The van der Waals surface area contributed by atoms with Crippen molar-refractivity contribution in [2.24, 2.45) is 10.7 Å². The van der Waals surface area contributed by atoms with E-state index in [0.717, 1.165) is 25.2 Å². The van der Waals surface area contributed by atoms with Crippen LogP contribution in [0.4, 0.5) is 0 Å². The first kappa shape index (κ1) is 24.2. The summed E-state index contributed by atoms with van der Waals surface area (Å²) in [6, 6.07) is 7.09. The molecule has 0 spiro atoms. The number of aliphatic imine (C=N–C) groups is 1. The zero-order chi connectivity index (χ0) is 18.7. The highest BCUT2D eigenvalue weighted by atomic mass is 127. The van der Waals surface area contributed by atoms with Crippen molar-refractivity contribution in [1.29, 1.82) is 0 Å². The molecule has 0 fully saturated rings. The van der Waals surface area contributed by atoms with Crippen molar-refractivity contribution in [2.75, 3.05) is 26.2 Å². The summed E-state index contributed by atoms with van der Waals surface area (Å²) in [4.78, 5) is 29.5. The molecule has 0 heterocycles. The molecule has 0 atom stereocenters. The van der Waals surface area contributed by atoms with E-state index in [9.17, 15) is 9.59 Å². The largest absolute Gasteiger partial charge is 0.366 e. The van der Waals surface area contributed by atoms with Gasteiger partial charge in [0.15, 0.2) is 5.96 Å². The minimum Gasteiger partial charge on any atom is -0.366 e. The Kier molecular flexibility index (Phi) is 12.4. The summed E-state index contributed by atoms with van der Waals surface area (Å²) in [5, 5.41) is 6.31. The number of nitrogens with two attached hydrogens (primary N) is 1. The molecule has 0 aliphatic carbocycles. The lowest BCUT2D eigenvalue weighted by Crippen LogP contribution is -2.40. The topological polar surface area (TPSA) is 99.8 Å². The van der Waals surface area contributed by atoms with Crippen LogP contribution in [0.3, 0.4) is 0 Å². The highest BCUT2D eigenvalue weighted by Gasteiger charge is 2.09. The quantitative estimate of drug-likeness (QED) is 0.288. The van der Waals surface area contributed by atoms with E-state index < -0.39 is 5.91 Å². The number of rotatable bonds is 9. The van der Waals surface area contributed by atoms with Crippen molar-refractivity contribution < 1.29 is 9.59 Å². The van der Waals surface area contributed by atoms with Crippen molar-refractivity contribution in [3.63, 3.8) is 0 Å². The maximum atomic E-state index is 12.0. The van der Waals surface area contributed by atoms with Crippen LogP contribution in [-0.4, -0.2) is 48.9 Å². The summed E-state index contributed by atoms with van der Waals surface area (Å²) in [6.45, 7) is 9.02. The third-order valence-corrected chi connectivity index (χ3v) is 3.72. The molecule has 26 heavy (non-hydrogen) atoms. The Morgan fingerprint density at radius 1 is 1.15 bits per heavy atom. The van der Waals surface area contributed by atoms with Gasteiger partial charge < -0.3 is 21.3 Å². The lowest BCUT2D eigenvalue weighted by atomic mass is 10.1. The first-order valence-corrected chi connectivity index (χ1v) is 8.70. The van der Waals surface area contributed by atoms with Crippen LogP contribution in [-0.2, 0) is 11.3 Å². The van der Waals surface area contributed by atoms with Gasteiger partial charge in [0, 0.05) is 38.2 Å². The van der Waals surface area contributed by atoms with E-state index >= 15 is 0 Å². The Labute approximate surface area is 172 Å². The smallest absolute Gasteiger partial charge is 0.248 e. The van der Waals surface area contributed by atoms with Crippen LogP contribution in [0.5, 0.6) is 0 Å². The van der Waals surface area contributed by atoms with Gasteiger partial charge in [-0.2, -0.15) is 0 Å². The fraction of sp³-hybridized carbons (Fsp3) is 0.500. The summed E-state index contributed by atoms with van der Waals surface area (Å²) in [5.74, 6) is 0.313. The van der Waals surface area contributed by atoms with Crippen molar-refractivity contribution in [1.82, 2.24) is 15.5 Å². The van der Waals surface area contributed by atoms with Gasteiger partial charge in [0.1, 0.15) is 0 Å². The highest BCUT2D eigenvalue weighted by molar-refractivity contribution is 14.0. The molecule has 1 aromatic rings. The molecule has 7 nitrogen and oxygen atoms in total. The minimum atomic E-state index is -0.453. The third-order valence-electron chi connectivity index (χ3n) is 3.72. The summed E-state index contributed by atoms with van der Waals surface area (Å²) >= 11 is 0. The fourth-order valence-electron chi connectivity index (χ4n) is 2.36. The van der Waals surface area contributed by atoms with E-state index in [0.29, 0.717) is 31.0 Å². The monoisotopic (exact) mass is 475 g/mol. The van der Waals surface area contributed by atoms with E-state index in [1.54, 1.807) is 23.1 Å². The number of benzene rings is 1. The molecule has 146 valence electrons. The van der Waals surface area contributed by atoms with Crippen molar-refractivity contribution >= 4 is 41.8 Å². The molecule has 0 unspecified atom stereocenters. The first-order chi connectivity index (χ1) is 12.0. The summed E-state index contributed by atoms with van der Waals surface area (Å²) in [7, 11) is 0. The standard InChI is InChI=1S/C18H29N5O2.HI/c1-4-20-18(21-11-10-16(24)23(5-2)6-3)22-13-14-8-7-9-15(12-14)17(19)25;/h7-9,12H,4-6,10-11,13H2,1-3H3,(H2,19,25)(H2,20,21,22);1H. The Bertz CT molecular complexity index is 603. The number of halogens is 1. The Hall–Kier alpha value is -1.84. The van der Waals surface area contributed by atoms with Crippen molar-refractivity contribution in [2.45, 2.75) is 33.7 Å². The minimum absolute atomic E-state index is 0. The molecule has 1 aromatic carbocycles. The average Bonchev–Trinajstić information content (AvgIpc) is 2.61. The number of amides is 2. The predicted octanol–water partition coefficient (Wildman–Crippen LogP) is 1.72. The van der Waals surface area contributed by atoms with Crippen LogP contribution in [0.15, 0.2) is 29.3 Å². The van der Waals surface area contributed by atoms with Gasteiger partial charge in [0.2, 0.25) is 11.8 Å². The van der Waals surface area contributed by atoms with Crippen molar-refractivity contribution in [3.05, 3.63) is 35.4 Å². The maximum Gasteiger partial charge on any atom is 0.248 e. The first-order valence-electron chi connectivity index (χ1n) is 8.70. The lowest BCUT2D eigenvalue weighted by Gasteiger charge is -2.19. The van der Waals surface area contributed by atoms with Crippen LogP contribution in [0.1, 0.15) is 43.1 Å². The van der Waals surface area contributed by atoms with E-state index in [4.69, 9.17) is 5.73 Å². The molecule has 0 radical (unpaired) electrons. The molecule has 0 aliphatic heterocycles. The zero-order valence-corrected chi connectivity index (χ0v) is 18.1. The highest BCUT2D eigenvalue weighted by Crippen LogP contribution is 2.06. The number of hydrogen-bond acceptors (Lipinski definition) is 3. The molecule has 0 aromatic heterocycles. The summed E-state index contributed by atoms with van der Waals surface area (Å²) < 4.78 is 0. The van der Waals surface area contributed by atoms with E-state index in [-0.39, 0.29) is 29.9 Å². The molecule has 4 N–H and O–H groups in total. The summed E-state index contributed by atoms with van der Waals surface area (Å²) in [5.41, 5.74) is 6.66. The van der Waals surface area contributed by atoms with Gasteiger partial charge in [0.25, 0.3) is 0 Å². The zero-order valence-electron chi connectivity index (χ0n) is 15.7. The average molecular weight is 475 g/mol. The van der Waals surface area contributed by atoms with Crippen LogP contribution >= 0.6 is 24.0 Å². The van der Waals surface area contributed by atoms with Gasteiger partial charge >= 0.3 is 0 Å². The van der Waals surface area contributed by atoms with Gasteiger partial charge in [0.05, 0.1) is 6.54 Å². The number of carbonyl (C=O) groups is 2. The number of nitrogens with zero attached hydrogens (tertiary/aromatic N) is 2. The van der Waals surface area contributed by atoms with Gasteiger partial charge in [-0.15, -0.1) is 24.0 Å². The molecular weight excluding hydrogens is 445 g/mol. The number of carbonyl (C=O) groups excluding carboxylic acids is 2.